The predicted molar refractivity (Wildman–Crippen MR) is 117 cm³/mol. The summed E-state index contributed by atoms with van der Waals surface area (Å²) in [5.41, 5.74) is 7.88. The average Bonchev–Trinajstić information content (AvgIpc) is 2.75. The minimum absolute atomic E-state index is 0.0158. The van der Waals surface area contributed by atoms with Gasteiger partial charge in [0.05, 0.1) is 12.7 Å². The minimum Gasteiger partial charge on any atom is -0.507 e. The normalized spacial score (nSPS) is 10.4. The van der Waals surface area contributed by atoms with Crippen LogP contribution >= 0.6 is 11.8 Å². The summed E-state index contributed by atoms with van der Waals surface area (Å²) in [7, 11) is 1.45. The lowest BCUT2D eigenvalue weighted by molar-refractivity contribution is 0.0845. The molecule has 160 valence electrons. The third kappa shape index (κ3) is 5.95. The smallest absolute Gasteiger partial charge is 0.273 e. The van der Waals surface area contributed by atoms with Crippen LogP contribution in [0.15, 0.2) is 53.7 Å². The number of carbonyl (C=O) groups is 2. The second kappa shape index (κ2) is 9.94. The predicted octanol–water partition coefficient (Wildman–Crippen LogP) is 3.17. The van der Waals surface area contributed by atoms with E-state index in [-0.39, 0.29) is 11.3 Å². The average molecular weight is 439 g/mol. The van der Waals surface area contributed by atoms with Gasteiger partial charge in [-0.05, 0) is 49.7 Å². The fourth-order valence-corrected chi connectivity index (χ4v) is 3.65. The quantitative estimate of drug-likeness (QED) is 0.308. The van der Waals surface area contributed by atoms with E-state index in [4.69, 9.17) is 4.74 Å². The molecule has 0 aliphatic carbocycles. The Kier molecular flexibility index (Phi) is 7.09. The number of rotatable bonds is 6. The number of nitrogens with one attached hydrogen (secondary N) is 2. The number of amides is 2. The maximum atomic E-state index is 12.3. The molecule has 31 heavy (non-hydrogen) atoms. The van der Waals surface area contributed by atoms with Crippen LogP contribution in [0.5, 0.6) is 11.5 Å². The first-order valence-corrected chi connectivity index (χ1v) is 10.4. The zero-order chi connectivity index (χ0) is 22.4. The van der Waals surface area contributed by atoms with Crippen LogP contribution in [0, 0.1) is 13.8 Å². The molecule has 3 N–H and O–H groups in total. The number of hydrazine groups is 1. The molecule has 2 aromatic carbocycles. The molecule has 1 aromatic heterocycles. The number of phenolic OH excluding ortho intramolecular Hbond substituents is 1. The molecule has 3 rings (SSSR count). The first-order valence-electron chi connectivity index (χ1n) is 9.37. The third-order valence-electron chi connectivity index (χ3n) is 4.28. The Bertz CT molecular complexity index is 1080. The van der Waals surface area contributed by atoms with E-state index in [2.05, 4.69) is 20.8 Å². The van der Waals surface area contributed by atoms with Crippen LogP contribution in [0.1, 0.15) is 37.7 Å². The van der Waals surface area contributed by atoms with Crippen molar-refractivity contribution in [3.63, 3.8) is 0 Å². The van der Waals surface area contributed by atoms with Crippen molar-refractivity contribution in [2.75, 3.05) is 7.11 Å². The monoisotopic (exact) mass is 438 g/mol. The second-order valence-electron chi connectivity index (χ2n) is 6.71. The Labute approximate surface area is 184 Å². The summed E-state index contributed by atoms with van der Waals surface area (Å²) in [5.74, 6) is -0.285. The molecule has 0 saturated heterocycles. The van der Waals surface area contributed by atoms with E-state index < -0.39 is 11.8 Å². The largest absolute Gasteiger partial charge is 0.507 e. The van der Waals surface area contributed by atoms with Crippen molar-refractivity contribution >= 4 is 23.6 Å². The van der Waals surface area contributed by atoms with Crippen LogP contribution in [0.4, 0.5) is 0 Å². The molecule has 8 nitrogen and oxygen atoms in total. The summed E-state index contributed by atoms with van der Waals surface area (Å²) in [6.07, 6.45) is 0. The van der Waals surface area contributed by atoms with Gasteiger partial charge in [0.25, 0.3) is 11.8 Å². The molecule has 0 spiro atoms. The molecule has 2 amide bonds. The molecule has 0 bridgehead atoms. The number of benzene rings is 2. The number of phenols is 1. The highest BCUT2D eigenvalue weighted by atomic mass is 32.2. The summed E-state index contributed by atoms with van der Waals surface area (Å²) in [5, 5.41) is 10.6. The van der Waals surface area contributed by atoms with Crippen molar-refractivity contribution < 1.29 is 19.4 Å². The summed E-state index contributed by atoms with van der Waals surface area (Å²) >= 11 is 1.52. The highest BCUT2D eigenvalue weighted by molar-refractivity contribution is 7.98. The van der Waals surface area contributed by atoms with Crippen molar-refractivity contribution in [3.05, 3.63) is 76.6 Å². The van der Waals surface area contributed by atoms with E-state index in [1.807, 2.05) is 32.0 Å². The molecule has 0 radical (unpaired) electrons. The van der Waals surface area contributed by atoms with E-state index >= 15 is 0 Å². The standard InChI is InChI=1S/C22H22N4O4S/c1-13-10-14(2)24-22(23-13)31-12-15-4-6-16(7-5-15)20(28)25-26-21(29)18-9-8-17(30-3)11-19(18)27/h4-11,27H,12H2,1-3H3,(H,25,28)(H,26,29). The van der Waals surface area contributed by atoms with E-state index in [1.165, 1.54) is 37.1 Å². The van der Waals surface area contributed by atoms with Gasteiger partial charge in [0.2, 0.25) is 0 Å². The van der Waals surface area contributed by atoms with E-state index in [1.54, 1.807) is 12.1 Å². The van der Waals surface area contributed by atoms with Crippen molar-refractivity contribution in [3.8, 4) is 11.5 Å². The van der Waals surface area contributed by atoms with E-state index in [9.17, 15) is 14.7 Å². The summed E-state index contributed by atoms with van der Waals surface area (Å²) < 4.78 is 4.98. The van der Waals surface area contributed by atoms with Crippen LogP contribution in [0.2, 0.25) is 0 Å². The number of thioether (sulfide) groups is 1. The number of hydrogen-bond donors (Lipinski definition) is 3. The van der Waals surface area contributed by atoms with E-state index in [0.717, 1.165) is 17.0 Å². The van der Waals surface area contributed by atoms with Gasteiger partial charge < -0.3 is 9.84 Å². The molecule has 0 saturated carbocycles. The fraction of sp³-hybridized carbons (Fsp3) is 0.182. The third-order valence-corrected chi connectivity index (χ3v) is 5.20. The van der Waals surface area contributed by atoms with Gasteiger partial charge in [0.1, 0.15) is 11.5 Å². The maximum Gasteiger partial charge on any atom is 0.273 e. The summed E-state index contributed by atoms with van der Waals surface area (Å²) in [6.45, 7) is 3.86. The molecular formula is C22H22N4O4S. The number of aromatic nitrogens is 2. The number of aromatic hydroxyl groups is 1. The Morgan fingerprint density at radius 1 is 0.968 bits per heavy atom. The lowest BCUT2D eigenvalue weighted by Crippen LogP contribution is -2.41. The molecule has 0 atom stereocenters. The first kappa shape index (κ1) is 22.1. The Morgan fingerprint density at radius 3 is 2.23 bits per heavy atom. The number of aryl methyl sites for hydroxylation is 2. The molecule has 0 aliphatic heterocycles. The molecule has 9 heteroatoms. The van der Waals surface area contributed by atoms with Gasteiger partial charge in [-0.3, -0.25) is 20.4 Å². The van der Waals surface area contributed by atoms with Crippen molar-refractivity contribution in [2.45, 2.75) is 24.8 Å². The minimum atomic E-state index is -0.644. The van der Waals surface area contributed by atoms with Gasteiger partial charge in [-0.15, -0.1) is 0 Å². The van der Waals surface area contributed by atoms with Gasteiger partial charge in [0, 0.05) is 28.8 Å². The van der Waals surface area contributed by atoms with Gasteiger partial charge >= 0.3 is 0 Å². The topological polar surface area (TPSA) is 113 Å². The van der Waals surface area contributed by atoms with Crippen LogP contribution in [0.3, 0.4) is 0 Å². The first-order chi connectivity index (χ1) is 14.9. The van der Waals surface area contributed by atoms with Gasteiger partial charge in [-0.2, -0.15) is 0 Å². The molecule has 0 aliphatic rings. The van der Waals surface area contributed by atoms with Crippen molar-refractivity contribution in [1.29, 1.82) is 0 Å². The second-order valence-corrected chi connectivity index (χ2v) is 7.65. The maximum absolute atomic E-state index is 12.3. The number of methoxy groups -OCH3 is 1. The number of hydrogen-bond acceptors (Lipinski definition) is 7. The summed E-state index contributed by atoms with van der Waals surface area (Å²) in [6, 6.07) is 13.2. The zero-order valence-corrected chi connectivity index (χ0v) is 18.1. The fourth-order valence-electron chi connectivity index (χ4n) is 2.74. The Morgan fingerprint density at radius 2 is 1.61 bits per heavy atom. The van der Waals surface area contributed by atoms with Gasteiger partial charge in [-0.25, -0.2) is 9.97 Å². The lowest BCUT2D eigenvalue weighted by atomic mass is 10.1. The van der Waals surface area contributed by atoms with Crippen LogP contribution in [-0.2, 0) is 5.75 Å². The van der Waals surface area contributed by atoms with Crippen LogP contribution < -0.4 is 15.6 Å². The molecule has 0 unspecified atom stereocenters. The van der Waals surface area contributed by atoms with Crippen molar-refractivity contribution in [2.24, 2.45) is 0 Å². The molecule has 3 aromatic rings. The van der Waals surface area contributed by atoms with Crippen LogP contribution in [-0.4, -0.2) is 34.0 Å². The van der Waals surface area contributed by atoms with E-state index in [0.29, 0.717) is 22.2 Å². The van der Waals surface area contributed by atoms with Crippen LogP contribution in [0.25, 0.3) is 0 Å². The number of ether oxygens (including phenoxy) is 1. The SMILES string of the molecule is COc1ccc(C(=O)NNC(=O)c2ccc(CSc3nc(C)cc(C)n3)cc2)c(O)c1. The highest BCUT2D eigenvalue weighted by Crippen LogP contribution is 2.23. The van der Waals surface area contributed by atoms with Gasteiger partial charge in [0.15, 0.2) is 5.16 Å². The van der Waals surface area contributed by atoms with Gasteiger partial charge in [-0.1, -0.05) is 23.9 Å². The molecule has 1 heterocycles. The Balaban J connectivity index is 1.54. The Hall–Kier alpha value is -3.59. The lowest BCUT2D eigenvalue weighted by Gasteiger charge is -2.10. The van der Waals surface area contributed by atoms with Crippen molar-refractivity contribution in [1.82, 2.24) is 20.8 Å². The number of nitrogens with zero attached hydrogens (tertiary/aromatic N) is 2. The number of carbonyl (C=O) groups excluding carboxylic acids is 2. The molecule has 0 fully saturated rings. The molecular weight excluding hydrogens is 416 g/mol. The zero-order valence-electron chi connectivity index (χ0n) is 17.3. The highest BCUT2D eigenvalue weighted by Gasteiger charge is 2.13. The summed E-state index contributed by atoms with van der Waals surface area (Å²) in [4.78, 5) is 33.3.